The molecule has 0 saturated carbocycles. The van der Waals surface area contributed by atoms with Crippen LogP contribution < -0.4 is 10.5 Å². The molecule has 1 aliphatic heterocycles. The average molecular weight is 353 g/mol. The van der Waals surface area contributed by atoms with Crippen molar-refractivity contribution in [3.63, 3.8) is 0 Å². The first kappa shape index (κ1) is 14.3. The number of hydrogen-bond donors (Lipinski definition) is 1. The van der Waals surface area contributed by atoms with Crippen molar-refractivity contribution < 1.29 is 0 Å². The van der Waals surface area contributed by atoms with Gasteiger partial charge in [0.1, 0.15) is 17.2 Å². The summed E-state index contributed by atoms with van der Waals surface area (Å²) >= 11 is 11.8. The van der Waals surface area contributed by atoms with Gasteiger partial charge < -0.3 is 4.90 Å². The first-order valence-corrected chi connectivity index (χ1v) is 7.55. The molecule has 0 aliphatic carbocycles. The van der Waals surface area contributed by atoms with Crippen LogP contribution in [-0.4, -0.2) is 41.2 Å². The van der Waals surface area contributed by atoms with Crippen LogP contribution in [0.3, 0.4) is 0 Å². The molecular weight excluding hydrogens is 343 g/mol. The van der Waals surface area contributed by atoms with E-state index in [2.05, 4.69) is 30.0 Å². The van der Waals surface area contributed by atoms with Crippen molar-refractivity contribution in [2.75, 3.05) is 11.4 Å². The van der Waals surface area contributed by atoms with Gasteiger partial charge in [0.25, 0.3) is 5.56 Å². The second-order valence-electron chi connectivity index (χ2n) is 5.09. The van der Waals surface area contributed by atoms with Crippen LogP contribution in [-0.2, 0) is 13.1 Å². The Balaban J connectivity index is 1.87. The van der Waals surface area contributed by atoms with Gasteiger partial charge in [-0.25, -0.2) is 19.6 Å². The lowest BCUT2D eigenvalue weighted by Gasteiger charge is -2.28. The van der Waals surface area contributed by atoms with E-state index in [4.69, 9.17) is 23.2 Å². The van der Waals surface area contributed by atoms with E-state index in [-0.39, 0.29) is 16.1 Å². The maximum Gasteiger partial charge on any atom is 0.278 e. The zero-order valence-corrected chi connectivity index (χ0v) is 13.4. The molecular formula is C12H10Cl2N8O. The van der Waals surface area contributed by atoms with Crippen LogP contribution >= 0.6 is 23.2 Å². The number of hydrogen-bond acceptors (Lipinski definition) is 7. The molecule has 3 aromatic heterocycles. The minimum absolute atomic E-state index is 0.0225. The monoisotopic (exact) mass is 352 g/mol. The normalized spacial score (nSPS) is 14.3. The van der Waals surface area contributed by atoms with Crippen molar-refractivity contribution in [3.8, 4) is 0 Å². The topological polar surface area (TPSA) is 105 Å². The van der Waals surface area contributed by atoms with Crippen LogP contribution in [0.15, 0.2) is 4.79 Å². The highest BCUT2D eigenvalue weighted by Gasteiger charge is 2.24. The lowest BCUT2D eigenvalue weighted by molar-refractivity contribution is 0.509. The fourth-order valence-corrected chi connectivity index (χ4v) is 2.95. The van der Waals surface area contributed by atoms with Crippen LogP contribution in [0, 0.1) is 6.92 Å². The largest absolute Gasteiger partial charge is 0.345 e. The van der Waals surface area contributed by atoms with Gasteiger partial charge in [0, 0.05) is 6.54 Å². The summed E-state index contributed by atoms with van der Waals surface area (Å²) in [6.07, 6.45) is 0. The number of rotatable bonds is 1. The summed E-state index contributed by atoms with van der Waals surface area (Å²) in [6.45, 7) is 3.60. The van der Waals surface area contributed by atoms with Crippen molar-refractivity contribution >= 4 is 40.1 Å². The molecule has 1 N–H and O–H groups in total. The highest BCUT2D eigenvalue weighted by molar-refractivity contribution is 6.29. The van der Waals surface area contributed by atoms with E-state index in [0.717, 1.165) is 5.82 Å². The molecule has 11 heteroatoms. The molecule has 0 aromatic carbocycles. The molecule has 3 aromatic rings. The van der Waals surface area contributed by atoms with Gasteiger partial charge in [-0.2, -0.15) is 10.1 Å². The molecule has 0 fully saturated rings. The summed E-state index contributed by atoms with van der Waals surface area (Å²) in [5.41, 5.74) is -0.0398. The highest BCUT2D eigenvalue weighted by Crippen LogP contribution is 2.25. The van der Waals surface area contributed by atoms with E-state index >= 15 is 0 Å². The van der Waals surface area contributed by atoms with Crippen LogP contribution in [0.4, 0.5) is 5.82 Å². The number of nitrogens with zero attached hydrogens (tertiary/aromatic N) is 7. The van der Waals surface area contributed by atoms with Gasteiger partial charge in [0.05, 0.1) is 13.1 Å². The molecule has 0 radical (unpaired) electrons. The fourth-order valence-electron chi connectivity index (χ4n) is 2.62. The standard InChI is InChI=1S/C12H10Cl2N8O/c1-5-15-6-4-21(2-3-22(6)20-5)9-7-8(17-11(13)18-9)10(23)19-12(14)16-7/h2-4H2,1H3,(H,16,19,23). The highest BCUT2D eigenvalue weighted by atomic mass is 35.5. The van der Waals surface area contributed by atoms with Gasteiger partial charge in [-0.1, -0.05) is 0 Å². The first-order valence-electron chi connectivity index (χ1n) is 6.79. The molecule has 4 heterocycles. The third kappa shape index (κ3) is 2.41. The lowest BCUT2D eigenvalue weighted by atomic mass is 10.3. The average Bonchev–Trinajstić information content (AvgIpc) is 2.86. The zero-order valence-electron chi connectivity index (χ0n) is 11.9. The summed E-state index contributed by atoms with van der Waals surface area (Å²) < 4.78 is 1.85. The first-order chi connectivity index (χ1) is 11.0. The Kier molecular flexibility index (Phi) is 3.20. The Morgan fingerprint density at radius 2 is 1.91 bits per heavy atom. The number of fused-ring (bicyclic) bond motifs is 2. The second-order valence-corrected chi connectivity index (χ2v) is 5.79. The summed E-state index contributed by atoms with van der Waals surface area (Å²) in [4.78, 5) is 33.1. The predicted octanol–water partition coefficient (Wildman–Crippen LogP) is 0.940. The third-order valence-electron chi connectivity index (χ3n) is 3.55. The summed E-state index contributed by atoms with van der Waals surface area (Å²) in [7, 11) is 0. The number of anilines is 1. The van der Waals surface area contributed by atoms with E-state index < -0.39 is 5.56 Å². The Morgan fingerprint density at radius 3 is 2.74 bits per heavy atom. The molecule has 23 heavy (non-hydrogen) atoms. The zero-order chi connectivity index (χ0) is 16.1. The fraction of sp³-hybridized carbons (Fsp3) is 0.333. The van der Waals surface area contributed by atoms with E-state index in [9.17, 15) is 4.79 Å². The summed E-state index contributed by atoms with van der Waals surface area (Å²) in [5, 5.41) is 4.27. The van der Waals surface area contributed by atoms with Crippen molar-refractivity contribution in [1.29, 1.82) is 0 Å². The van der Waals surface area contributed by atoms with E-state index in [1.807, 2.05) is 16.5 Å². The minimum Gasteiger partial charge on any atom is -0.345 e. The molecule has 4 rings (SSSR count). The van der Waals surface area contributed by atoms with Gasteiger partial charge in [-0.05, 0) is 30.1 Å². The third-order valence-corrected chi connectivity index (χ3v) is 3.90. The number of aryl methyl sites for hydroxylation is 1. The number of H-pyrrole nitrogens is 1. The minimum atomic E-state index is -0.457. The molecule has 0 spiro atoms. The predicted molar refractivity (Wildman–Crippen MR) is 83.8 cm³/mol. The maximum atomic E-state index is 12.0. The van der Waals surface area contributed by atoms with Crippen molar-refractivity contribution in [3.05, 3.63) is 32.6 Å². The van der Waals surface area contributed by atoms with E-state index in [1.54, 1.807) is 0 Å². The molecule has 0 atom stereocenters. The van der Waals surface area contributed by atoms with Gasteiger partial charge in [-0.3, -0.25) is 9.78 Å². The van der Waals surface area contributed by atoms with Crippen molar-refractivity contribution in [1.82, 2.24) is 34.7 Å². The molecule has 1 aliphatic rings. The molecule has 9 nitrogen and oxygen atoms in total. The van der Waals surface area contributed by atoms with Crippen LogP contribution in [0.5, 0.6) is 0 Å². The summed E-state index contributed by atoms with van der Waals surface area (Å²) in [5.74, 6) is 1.98. The lowest BCUT2D eigenvalue weighted by Crippen LogP contribution is -2.35. The van der Waals surface area contributed by atoms with E-state index in [0.29, 0.717) is 36.8 Å². The Morgan fingerprint density at radius 1 is 1.09 bits per heavy atom. The van der Waals surface area contributed by atoms with Crippen molar-refractivity contribution in [2.45, 2.75) is 20.0 Å². The smallest absolute Gasteiger partial charge is 0.278 e. The van der Waals surface area contributed by atoms with Gasteiger partial charge in [0.15, 0.2) is 11.3 Å². The van der Waals surface area contributed by atoms with Crippen LogP contribution in [0.1, 0.15) is 11.6 Å². The quantitative estimate of drug-likeness (QED) is 0.649. The van der Waals surface area contributed by atoms with Gasteiger partial charge >= 0.3 is 0 Å². The van der Waals surface area contributed by atoms with Crippen molar-refractivity contribution in [2.24, 2.45) is 0 Å². The molecule has 0 unspecified atom stereocenters. The molecule has 0 saturated heterocycles. The van der Waals surface area contributed by atoms with Gasteiger partial charge in [-0.15, -0.1) is 0 Å². The Hall–Kier alpha value is -2.26. The number of nitrogens with one attached hydrogen (secondary N) is 1. The second kappa shape index (κ2) is 5.14. The number of halogens is 2. The molecule has 0 bridgehead atoms. The number of aromatic amines is 1. The molecule has 118 valence electrons. The molecule has 0 amide bonds. The summed E-state index contributed by atoms with van der Waals surface area (Å²) in [6, 6.07) is 0. The van der Waals surface area contributed by atoms with Crippen LogP contribution in [0.25, 0.3) is 11.0 Å². The van der Waals surface area contributed by atoms with Crippen LogP contribution in [0.2, 0.25) is 10.6 Å². The van der Waals surface area contributed by atoms with Gasteiger partial charge in [0.2, 0.25) is 10.6 Å². The number of aromatic nitrogens is 7. The van der Waals surface area contributed by atoms with E-state index in [1.165, 1.54) is 0 Å². The Labute approximate surface area is 139 Å². The maximum absolute atomic E-state index is 12.0. The SMILES string of the molecule is Cc1nc2n(n1)CCN(c1nc(Cl)nc3c(=O)[nH]c(Cl)nc13)C2. The Bertz CT molecular complexity index is 981.